The highest BCUT2D eigenvalue weighted by Gasteiger charge is 2.26. The highest BCUT2D eigenvalue weighted by atomic mass is 32.2. The fourth-order valence-electron chi connectivity index (χ4n) is 2.37. The summed E-state index contributed by atoms with van der Waals surface area (Å²) in [6.45, 7) is 5.17. The Hall–Kier alpha value is -1.63. The van der Waals surface area contributed by atoms with Gasteiger partial charge in [-0.25, -0.2) is 13.1 Å². The largest absolute Gasteiger partial charge is 0.288 e. The maximum atomic E-state index is 12.6. The number of carbonyl (C=O) groups is 1. The van der Waals surface area contributed by atoms with E-state index in [-0.39, 0.29) is 15.3 Å². The van der Waals surface area contributed by atoms with E-state index in [4.69, 9.17) is 0 Å². The first-order valence-electron chi connectivity index (χ1n) is 7.61. The van der Waals surface area contributed by atoms with Crippen LogP contribution in [-0.4, -0.2) is 19.6 Å². The Bertz CT molecular complexity index is 787. The molecule has 0 radical (unpaired) electrons. The van der Waals surface area contributed by atoms with Crippen molar-refractivity contribution < 1.29 is 13.2 Å². The quantitative estimate of drug-likeness (QED) is 0.850. The summed E-state index contributed by atoms with van der Waals surface area (Å²) < 4.78 is 27.8. The molecule has 2 aromatic carbocycles. The van der Waals surface area contributed by atoms with Crippen LogP contribution in [0.2, 0.25) is 0 Å². The van der Waals surface area contributed by atoms with Gasteiger partial charge in [0.25, 0.3) is 0 Å². The number of thioether (sulfide) groups is 1. The molecule has 0 saturated carbocycles. The van der Waals surface area contributed by atoms with Gasteiger partial charge >= 0.3 is 0 Å². The minimum Gasteiger partial charge on any atom is -0.288 e. The summed E-state index contributed by atoms with van der Waals surface area (Å²) in [6.07, 6.45) is 0. The summed E-state index contributed by atoms with van der Waals surface area (Å²) >= 11 is 1.13. The third kappa shape index (κ3) is 4.93. The number of rotatable bonds is 6. The molecule has 1 N–H and O–H groups in total. The first-order chi connectivity index (χ1) is 11.3. The lowest BCUT2D eigenvalue weighted by molar-refractivity contribution is -0.109. The zero-order valence-corrected chi connectivity index (χ0v) is 15.5. The van der Waals surface area contributed by atoms with Gasteiger partial charge in [0.2, 0.25) is 10.0 Å². The average Bonchev–Trinajstić information content (AvgIpc) is 2.53. The van der Waals surface area contributed by atoms with Gasteiger partial charge in [-0.1, -0.05) is 59.8 Å². The first-order valence-corrected chi connectivity index (χ1v) is 9.97. The van der Waals surface area contributed by atoms with Crippen LogP contribution in [0.1, 0.15) is 30.2 Å². The highest BCUT2D eigenvalue weighted by Crippen LogP contribution is 2.33. The van der Waals surface area contributed by atoms with E-state index >= 15 is 0 Å². The Kier molecular flexibility index (Phi) is 6.21. The van der Waals surface area contributed by atoms with Crippen LogP contribution in [0.5, 0.6) is 0 Å². The summed E-state index contributed by atoms with van der Waals surface area (Å²) in [5, 5.41) is -0.339. The Morgan fingerprint density at radius 3 is 2.17 bits per heavy atom. The molecule has 2 rings (SSSR count). The molecule has 0 bridgehead atoms. The maximum absolute atomic E-state index is 12.6. The molecule has 6 heteroatoms. The molecule has 24 heavy (non-hydrogen) atoms. The van der Waals surface area contributed by atoms with E-state index in [9.17, 15) is 13.2 Å². The molecule has 4 nitrogen and oxygen atoms in total. The molecule has 0 aliphatic heterocycles. The summed E-state index contributed by atoms with van der Waals surface area (Å²) in [5.41, 5.74) is 1.91. The van der Waals surface area contributed by atoms with Gasteiger partial charge in [0, 0.05) is 13.0 Å². The monoisotopic (exact) mass is 363 g/mol. The van der Waals surface area contributed by atoms with Gasteiger partial charge in [0.05, 0.1) is 10.1 Å². The Morgan fingerprint density at radius 1 is 1.04 bits per heavy atom. The fraction of sp³-hybridized carbons (Fsp3) is 0.278. The summed E-state index contributed by atoms with van der Waals surface area (Å²) in [4.78, 5) is 11.8. The van der Waals surface area contributed by atoms with Crippen LogP contribution < -0.4 is 4.72 Å². The third-order valence-corrected chi connectivity index (χ3v) is 6.39. The molecule has 0 aromatic heterocycles. The lowest BCUT2D eigenvalue weighted by atomic mass is 10.1. The van der Waals surface area contributed by atoms with E-state index < -0.39 is 16.1 Å². The standard InChI is InChI=1S/C18H21NO3S2/c1-13-9-11-17(12-10-13)24(21,22)19-14(2)18(23-15(3)20)16-7-5-4-6-8-16/h4-12,14,18-19H,1-3H3/t14-,18-/m0/s1. The molecule has 0 aliphatic carbocycles. The minimum absolute atomic E-state index is 0.0507. The molecule has 0 spiro atoms. The first kappa shape index (κ1) is 18.7. The molecular formula is C18H21NO3S2. The second-order valence-corrected chi connectivity index (χ2v) is 8.70. The van der Waals surface area contributed by atoms with E-state index in [1.165, 1.54) is 6.92 Å². The summed E-state index contributed by atoms with van der Waals surface area (Å²) in [7, 11) is -3.64. The van der Waals surface area contributed by atoms with Gasteiger partial charge in [-0.3, -0.25) is 4.79 Å². The molecule has 0 fully saturated rings. The summed E-state index contributed by atoms with van der Waals surface area (Å²) in [6, 6.07) is 15.7. The number of hydrogen-bond donors (Lipinski definition) is 1. The van der Waals surface area contributed by atoms with E-state index in [0.29, 0.717) is 0 Å². The van der Waals surface area contributed by atoms with Gasteiger partial charge in [-0.15, -0.1) is 0 Å². The topological polar surface area (TPSA) is 63.2 Å². The highest BCUT2D eigenvalue weighted by molar-refractivity contribution is 8.13. The van der Waals surface area contributed by atoms with Crippen molar-refractivity contribution in [3.05, 3.63) is 65.7 Å². The van der Waals surface area contributed by atoms with Crippen molar-refractivity contribution in [1.82, 2.24) is 4.72 Å². The molecule has 0 amide bonds. The van der Waals surface area contributed by atoms with Gasteiger partial charge < -0.3 is 0 Å². The fourth-order valence-corrected chi connectivity index (χ4v) is 4.64. The molecule has 0 saturated heterocycles. The molecule has 0 heterocycles. The number of hydrogen-bond acceptors (Lipinski definition) is 4. The second kappa shape index (κ2) is 7.96. The van der Waals surface area contributed by atoms with E-state index in [0.717, 1.165) is 22.9 Å². The van der Waals surface area contributed by atoms with Gasteiger partial charge in [0.1, 0.15) is 0 Å². The maximum Gasteiger partial charge on any atom is 0.240 e. The zero-order valence-electron chi connectivity index (χ0n) is 13.9. The van der Waals surface area contributed by atoms with Crippen molar-refractivity contribution in [3.63, 3.8) is 0 Å². The summed E-state index contributed by atoms with van der Waals surface area (Å²) in [5.74, 6) is 0. The number of sulfonamides is 1. The molecule has 128 valence electrons. The molecule has 2 atom stereocenters. The SMILES string of the molecule is CC(=O)S[C@H](c1ccccc1)[C@H](C)NS(=O)(=O)c1ccc(C)cc1. The van der Waals surface area contributed by atoms with Crippen molar-refractivity contribution in [2.75, 3.05) is 0 Å². The van der Waals surface area contributed by atoms with Crippen LogP contribution in [0.4, 0.5) is 0 Å². The lowest BCUT2D eigenvalue weighted by Crippen LogP contribution is -2.36. The smallest absolute Gasteiger partial charge is 0.240 e. The van der Waals surface area contributed by atoms with Crippen molar-refractivity contribution >= 4 is 26.9 Å². The molecular weight excluding hydrogens is 342 g/mol. The predicted octanol–water partition coefficient (Wildman–Crippen LogP) is 3.68. The van der Waals surface area contributed by atoms with Crippen LogP contribution in [0.3, 0.4) is 0 Å². The van der Waals surface area contributed by atoms with Crippen molar-refractivity contribution in [1.29, 1.82) is 0 Å². The Labute approximate surface area is 147 Å². The Morgan fingerprint density at radius 2 is 1.62 bits per heavy atom. The van der Waals surface area contributed by atoms with Crippen molar-refractivity contribution in [2.45, 2.75) is 37.0 Å². The van der Waals surface area contributed by atoms with Crippen molar-refractivity contribution in [2.24, 2.45) is 0 Å². The van der Waals surface area contributed by atoms with E-state index in [1.54, 1.807) is 31.2 Å². The van der Waals surface area contributed by atoms with E-state index in [1.807, 2.05) is 37.3 Å². The Balaban J connectivity index is 2.25. The molecule has 0 aliphatic rings. The van der Waals surface area contributed by atoms with Crippen LogP contribution in [-0.2, 0) is 14.8 Å². The average molecular weight is 364 g/mol. The van der Waals surface area contributed by atoms with E-state index in [2.05, 4.69) is 4.72 Å². The van der Waals surface area contributed by atoms with Gasteiger partial charge in [-0.2, -0.15) is 0 Å². The molecule has 2 aromatic rings. The van der Waals surface area contributed by atoms with Gasteiger partial charge in [-0.05, 0) is 31.5 Å². The third-order valence-electron chi connectivity index (χ3n) is 3.55. The minimum atomic E-state index is -3.64. The van der Waals surface area contributed by atoms with Crippen LogP contribution in [0.25, 0.3) is 0 Å². The second-order valence-electron chi connectivity index (χ2n) is 5.66. The van der Waals surface area contributed by atoms with Crippen LogP contribution >= 0.6 is 11.8 Å². The normalized spacial score (nSPS) is 14.1. The van der Waals surface area contributed by atoms with Crippen LogP contribution in [0.15, 0.2) is 59.5 Å². The van der Waals surface area contributed by atoms with Crippen molar-refractivity contribution in [3.8, 4) is 0 Å². The van der Waals surface area contributed by atoms with Crippen LogP contribution in [0, 0.1) is 6.92 Å². The number of aryl methyl sites for hydroxylation is 1. The molecule has 0 unspecified atom stereocenters. The zero-order chi connectivity index (χ0) is 17.7. The number of benzene rings is 2. The number of nitrogens with one attached hydrogen (secondary N) is 1. The predicted molar refractivity (Wildman–Crippen MR) is 98.4 cm³/mol. The van der Waals surface area contributed by atoms with Gasteiger partial charge in [0.15, 0.2) is 5.12 Å². The number of carbonyl (C=O) groups excluding carboxylic acids is 1. The lowest BCUT2D eigenvalue weighted by Gasteiger charge is -2.24.